The molecule has 9 heteroatoms. The van der Waals surface area contributed by atoms with Crippen LogP contribution in [-0.4, -0.2) is 15.8 Å². The Hall–Kier alpha value is -3.62. The minimum atomic E-state index is -4.46. The topological polar surface area (TPSA) is 94.0 Å². The van der Waals surface area contributed by atoms with Crippen LogP contribution in [0.15, 0.2) is 59.2 Å². The number of alkyl halides is 3. The van der Waals surface area contributed by atoms with Gasteiger partial charge in [0.05, 0.1) is 17.4 Å². The lowest BCUT2D eigenvalue weighted by Gasteiger charge is -2.15. The molecule has 0 fully saturated rings. The predicted molar refractivity (Wildman–Crippen MR) is 125 cm³/mol. The summed E-state index contributed by atoms with van der Waals surface area (Å²) in [5.74, 6) is -0.0492. The SMILES string of the molecule is C=C(CCCCCC)C(=O)c1c(NCc2cccc(C(F)(F)F)c2)nc(N)nc1-c1ccco1. The van der Waals surface area contributed by atoms with Gasteiger partial charge < -0.3 is 15.5 Å². The number of benzene rings is 1. The van der Waals surface area contributed by atoms with E-state index in [4.69, 9.17) is 10.2 Å². The number of ketones is 1. The van der Waals surface area contributed by atoms with Gasteiger partial charge in [-0.3, -0.25) is 4.79 Å². The number of anilines is 2. The summed E-state index contributed by atoms with van der Waals surface area (Å²) >= 11 is 0. The number of aromatic nitrogens is 2. The first-order valence-corrected chi connectivity index (χ1v) is 11.0. The Balaban J connectivity index is 1.93. The summed E-state index contributed by atoms with van der Waals surface area (Å²) in [5.41, 5.74) is 6.20. The van der Waals surface area contributed by atoms with Crippen LogP contribution in [0.25, 0.3) is 11.5 Å². The molecule has 6 nitrogen and oxygen atoms in total. The van der Waals surface area contributed by atoms with E-state index in [0.29, 0.717) is 23.3 Å². The standard InChI is InChI=1S/C25H27F3N4O2/c1-3-4-5-6-9-16(2)22(33)20-21(19-12-8-13-34-19)31-24(29)32-23(20)30-15-17-10-7-11-18(14-17)25(26,27)28/h7-8,10-14H,2-6,9,15H2,1H3,(H3,29,30,31,32). The van der Waals surface area contributed by atoms with Crippen molar-refractivity contribution in [1.82, 2.24) is 9.97 Å². The van der Waals surface area contributed by atoms with Crippen LogP contribution >= 0.6 is 0 Å². The molecule has 34 heavy (non-hydrogen) atoms. The number of carbonyl (C=O) groups is 1. The Labute approximate surface area is 196 Å². The van der Waals surface area contributed by atoms with E-state index in [1.807, 2.05) is 0 Å². The summed E-state index contributed by atoms with van der Waals surface area (Å²) in [4.78, 5) is 21.8. The molecule has 0 saturated heterocycles. The molecule has 180 valence electrons. The lowest BCUT2D eigenvalue weighted by atomic mass is 9.97. The number of carbonyl (C=O) groups excluding carboxylic acids is 1. The van der Waals surface area contributed by atoms with Crippen LogP contribution in [-0.2, 0) is 12.7 Å². The van der Waals surface area contributed by atoms with E-state index in [9.17, 15) is 18.0 Å². The highest BCUT2D eigenvalue weighted by molar-refractivity contribution is 6.14. The molecule has 2 heterocycles. The number of nitrogen functional groups attached to an aromatic ring is 1. The van der Waals surface area contributed by atoms with Crippen molar-refractivity contribution < 1.29 is 22.4 Å². The quantitative estimate of drug-likeness (QED) is 0.184. The zero-order valence-electron chi connectivity index (χ0n) is 18.9. The second-order valence-corrected chi connectivity index (χ2v) is 7.93. The van der Waals surface area contributed by atoms with Crippen molar-refractivity contribution in [3.63, 3.8) is 0 Å². The molecular weight excluding hydrogens is 445 g/mol. The summed E-state index contributed by atoms with van der Waals surface area (Å²) in [6, 6.07) is 8.20. The third-order valence-electron chi connectivity index (χ3n) is 5.28. The highest BCUT2D eigenvalue weighted by atomic mass is 19.4. The average Bonchev–Trinajstić information content (AvgIpc) is 3.34. The van der Waals surface area contributed by atoms with Crippen molar-refractivity contribution >= 4 is 17.5 Å². The third kappa shape index (κ3) is 6.24. The van der Waals surface area contributed by atoms with Crippen LogP contribution in [0.4, 0.5) is 24.9 Å². The zero-order valence-corrected chi connectivity index (χ0v) is 18.9. The first-order valence-electron chi connectivity index (χ1n) is 11.0. The number of rotatable bonds is 11. The maximum Gasteiger partial charge on any atom is 0.416 e. The van der Waals surface area contributed by atoms with Gasteiger partial charge in [0.15, 0.2) is 11.5 Å². The summed E-state index contributed by atoms with van der Waals surface area (Å²) in [5, 5.41) is 2.96. The van der Waals surface area contributed by atoms with Crippen molar-refractivity contribution in [2.45, 2.75) is 51.7 Å². The van der Waals surface area contributed by atoms with Crippen LogP contribution in [0.2, 0.25) is 0 Å². The van der Waals surface area contributed by atoms with Crippen LogP contribution in [0, 0.1) is 0 Å². The summed E-state index contributed by atoms with van der Waals surface area (Å²) < 4.78 is 44.7. The number of hydrogen-bond donors (Lipinski definition) is 2. The lowest BCUT2D eigenvalue weighted by Crippen LogP contribution is -2.15. The fourth-order valence-electron chi connectivity index (χ4n) is 3.51. The van der Waals surface area contributed by atoms with Gasteiger partial charge in [0.1, 0.15) is 11.5 Å². The van der Waals surface area contributed by atoms with Crippen molar-refractivity contribution in [2.24, 2.45) is 0 Å². The average molecular weight is 473 g/mol. The minimum absolute atomic E-state index is 0.0127. The van der Waals surface area contributed by atoms with E-state index in [1.54, 1.807) is 18.2 Å². The number of nitrogens with two attached hydrogens (primary N) is 1. The summed E-state index contributed by atoms with van der Waals surface area (Å²) in [6.07, 6.45) is 1.42. The molecule has 0 spiro atoms. The van der Waals surface area contributed by atoms with Gasteiger partial charge in [-0.1, -0.05) is 44.9 Å². The van der Waals surface area contributed by atoms with E-state index in [2.05, 4.69) is 28.8 Å². The molecule has 0 radical (unpaired) electrons. The Kier molecular flexibility index (Phi) is 8.09. The highest BCUT2D eigenvalue weighted by Gasteiger charge is 2.30. The number of halogens is 3. The van der Waals surface area contributed by atoms with Crippen molar-refractivity contribution in [1.29, 1.82) is 0 Å². The summed E-state index contributed by atoms with van der Waals surface area (Å²) in [6.45, 7) is 6.04. The fourth-order valence-corrected chi connectivity index (χ4v) is 3.51. The maximum absolute atomic E-state index is 13.4. The van der Waals surface area contributed by atoms with Gasteiger partial charge in [0, 0.05) is 6.54 Å². The molecular formula is C25H27F3N4O2. The Morgan fingerprint density at radius 3 is 2.62 bits per heavy atom. The second-order valence-electron chi connectivity index (χ2n) is 7.93. The molecule has 3 aromatic rings. The van der Waals surface area contributed by atoms with Gasteiger partial charge in [0.25, 0.3) is 0 Å². The number of hydrogen-bond acceptors (Lipinski definition) is 6. The van der Waals surface area contributed by atoms with Gasteiger partial charge in [0.2, 0.25) is 5.95 Å². The number of furan rings is 1. The molecule has 0 aliphatic carbocycles. The van der Waals surface area contributed by atoms with Crippen molar-refractivity contribution in [3.05, 3.63) is 71.5 Å². The Morgan fingerprint density at radius 1 is 1.15 bits per heavy atom. The molecule has 0 unspecified atom stereocenters. The van der Waals surface area contributed by atoms with Gasteiger partial charge in [-0.05, 0) is 48.2 Å². The second kappa shape index (κ2) is 11.0. The van der Waals surface area contributed by atoms with Gasteiger partial charge in [-0.15, -0.1) is 0 Å². The van der Waals surface area contributed by atoms with Crippen LogP contribution in [0.1, 0.15) is 60.5 Å². The molecule has 0 amide bonds. The molecule has 1 aromatic carbocycles. The van der Waals surface area contributed by atoms with Crippen LogP contribution < -0.4 is 11.1 Å². The Morgan fingerprint density at radius 2 is 1.94 bits per heavy atom. The predicted octanol–water partition coefficient (Wildman–Crippen LogP) is 6.66. The minimum Gasteiger partial charge on any atom is -0.463 e. The fraction of sp³-hybridized carbons (Fsp3) is 0.320. The monoisotopic (exact) mass is 472 g/mol. The first-order chi connectivity index (χ1) is 16.2. The number of Topliss-reactive ketones (excluding diaryl/α,β-unsaturated/α-hetero) is 1. The molecule has 0 saturated carbocycles. The molecule has 0 atom stereocenters. The maximum atomic E-state index is 13.4. The zero-order chi connectivity index (χ0) is 24.7. The lowest BCUT2D eigenvalue weighted by molar-refractivity contribution is -0.137. The number of nitrogens with zero attached hydrogens (tertiary/aromatic N) is 2. The van der Waals surface area contributed by atoms with Gasteiger partial charge in [-0.2, -0.15) is 18.2 Å². The molecule has 3 rings (SSSR count). The molecule has 0 aliphatic rings. The van der Waals surface area contributed by atoms with Crippen molar-refractivity contribution in [3.8, 4) is 11.5 Å². The Bertz CT molecular complexity index is 1140. The first kappa shape index (κ1) is 25.0. The molecule has 3 N–H and O–H groups in total. The van der Waals surface area contributed by atoms with Crippen LogP contribution in [0.5, 0.6) is 0 Å². The molecule has 0 aliphatic heterocycles. The number of nitrogens with one attached hydrogen (secondary N) is 1. The van der Waals surface area contributed by atoms with E-state index in [0.717, 1.165) is 37.8 Å². The molecule has 2 aromatic heterocycles. The van der Waals surface area contributed by atoms with Crippen LogP contribution in [0.3, 0.4) is 0 Å². The highest BCUT2D eigenvalue weighted by Crippen LogP contribution is 2.32. The van der Waals surface area contributed by atoms with Gasteiger partial charge in [-0.25, -0.2) is 4.98 Å². The summed E-state index contributed by atoms with van der Waals surface area (Å²) in [7, 11) is 0. The van der Waals surface area contributed by atoms with Gasteiger partial charge >= 0.3 is 6.18 Å². The van der Waals surface area contributed by atoms with E-state index in [-0.39, 0.29) is 35.4 Å². The number of allylic oxidation sites excluding steroid dienone is 1. The number of unbranched alkanes of at least 4 members (excludes halogenated alkanes) is 3. The smallest absolute Gasteiger partial charge is 0.416 e. The van der Waals surface area contributed by atoms with E-state index in [1.165, 1.54) is 12.3 Å². The third-order valence-corrected chi connectivity index (χ3v) is 5.28. The van der Waals surface area contributed by atoms with Crippen molar-refractivity contribution in [2.75, 3.05) is 11.1 Å². The molecule has 0 bridgehead atoms. The largest absolute Gasteiger partial charge is 0.463 e. The van der Waals surface area contributed by atoms with E-state index >= 15 is 0 Å². The normalized spacial score (nSPS) is 11.4. The van der Waals surface area contributed by atoms with E-state index < -0.39 is 11.7 Å².